The zero-order chi connectivity index (χ0) is 13.1. The third kappa shape index (κ3) is 2.53. The summed E-state index contributed by atoms with van der Waals surface area (Å²) < 4.78 is 3.97. The lowest BCUT2D eigenvalue weighted by Crippen LogP contribution is -2.19. The zero-order valence-electron chi connectivity index (χ0n) is 11.4. The molecule has 0 aliphatic rings. The summed E-state index contributed by atoms with van der Waals surface area (Å²) in [6.07, 6.45) is 3.72. The van der Waals surface area contributed by atoms with Crippen LogP contribution < -0.4 is 10.2 Å². The second kappa shape index (κ2) is 5.22. The van der Waals surface area contributed by atoms with Crippen LogP contribution in [0.25, 0.3) is 0 Å². The molecule has 18 heavy (non-hydrogen) atoms. The van der Waals surface area contributed by atoms with Gasteiger partial charge >= 0.3 is 0 Å². The monoisotopic (exact) mass is 248 g/mol. The van der Waals surface area contributed by atoms with Gasteiger partial charge in [0.2, 0.25) is 5.95 Å². The van der Waals surface area contributed by atoms with E-state index in [-0.39, 0.29) is 0 Å². The summed E-state index contributed by atoms with van der Waals surface area (Å²) in [5.41, 5.74) is 2.34. The van der Waals surface area contributed by atoms with Gasteiger partial charge in [-0.25, -0.2) is 4.98 Å². The van der Waals surface area contributed by atoms with E-state index in [1.54, 1.807) is 0 Å². The molecule has 0 saturated heterocycles. The standard InChI is InChI=1S/C12H20N6/c1-16(2)12-14-9-11(17(12)3)8-13-7-10-5-6-15-18(10)4/h5-6,9,13H,7-8H2,1-4H3. The Bertz CT molecular complexity index is 510. The Morgan fingerprint density at radius 2 is 1.94 bits per heavy atom. The fourth-order valence-corrected chi connectivity index (χ4v) is 1.91. The number of aryl methyl sites for hydroxylation is 1. The molecule has 0 aromatic carbocycles. The highest BCUT2D eigenvalue weighted by Crippen LogP contribution is 2.10. The van der Waals surface area contributed by atoms with Gasteiger partial charge in [-0.15, -0.1) is 0 Å². The second-order valence-corrected chi connectivity index (χ2v) is 4.55. The number of anilines is 1. The highest BCUT2D eigenvalue weighted by Gasteiger charge is 2.07. The molecule has 2 rings (SSSR count). The van der Waals surface area contributed by atoms with Gasteiger partial charge in [-0.3, -0.25) is 4.68 Å². The van der Waals surface area contributed by atoms with Gasteiger partial charge in [0.05, 0.1) is 17.6 Å². The van der Waals surface area contributed by atoms with Crippen LogP contribution in [0.15, 0.2) is 18.5 Å². The van der Waals surface area contributed by atoms with Crippen molar-refractivity contribution in [1.29, 1.82) is 0 Å². The van der Waals surface area contributed by atoms with Gasteiger partial charge < -0.3 is 14.8 Å². The summed E-state index contributed by atoms with van der Waals surface area (Å²) in [5, 5.41) is 7.54. The van der Waals surface area contributed by atoms with Crippen LogP contribution in [-0.2, 0) is 27.2 Å². The maximum atomic E-state index is 4.38. The molecule has 98 valence electrons. The summed E-state index contributed by atoms with van der Waals surface area (Å²) in [5.74, 6) is 0.965. The molecule has 2 aromatic rings. The molecule has 0 atom stereocenters. The lowest BCUT2D eigenvalue weighted by atomic mass is 10.4. The van der Waals surface area contributed by atoms with Crippen molar-refractivity contribution in [3.63, 3.8) is 0 Å². The van der Waals surface area contributed by atoms with Crippen LogP contribution >= 0.6 is 0 Å². The molecule has 6 nitrogen and oxygen atoms in total. The average Bonchev–Trinajstić information content (AvgIpc) is 2.87. The van der Waals surface area contributed by atoms with E-state index in [1.165, 1.54) is 11.4 Å². The Labute approximate surface area is 107 Å². The van der Waals surface area contributed by atoms with Crippen LogP contribution in [0, 0.1) is 0 Å². The van der Waals surface area contributed by atoms with Crippen LogP contribution in [-0.4, -0.2) is 33.4 Å². The molecular formula is C12H20N6. The Kier molecular flexibility index (Phi) is 3.66. The largest absolute Gasteiger partial charge is 0.348 e. The van der Waals surface area contributed by atoms with Gasteiger partial charge in [-0.05, 0) is 6.07 Å². The number of aromatic nitrogens is 4. The van der Waals surface area contributed by atoms with Crippen LogP contribution in [0.2, 0.25) is 0 Å². The van der Waals surface area contributed by atoms with Crippen molar-refractivity contribution in [2.45, 2.75) is 13.1 Å². The van der Waals surface area contributed by atoms with Crippen molar-refractivity contribution in [2.24, 2.45) is 14.1 Å². The highest BCUT2D eigenvalue weighted by atomic mass is 15.3. The minimum Gasteiger partial charge on any atom is -0.348 e. The maximum absolute atomic E-state index is 4.38. The molecule has 0 unspecified atom stereocenters. The number of hydrogen-bond acceptors (Lipinski definition) is 4. The smallest absolute Gasteiger partial charge is 0.204 e. The van der Waals surface area contributed by atoms with Crippen LogP contribution in [0.1, 0.15) is 11.4 Å². The lowest BCUT2D eigenvalue weighted by molar-refractivity contribution is 0.608. The molecule has 0 fully saturated rings. The molecular weight excluding hydrogens is 228 g/mol. The number of nitrogens with zero attached hydrogens (tertiary/aromatic N) is 5. The molecule has 6 heteroatoms. The predicted octanol–water partition coefficient (Wildman–Crippen LogP) is 0.509. The SMILES string of the molecule is CN(C)c1ncc(CNCc2ccnn2C)n1C. The van der Waals surface area contributed by atoms with Gasteiger partial charge in [-0.2, -0.15) is 5.10 Å². The molecule has 2 aromatic heterocycles. The van der Waals surface area contributed by atoms with Crippen molar-refractivity contribution in [3.8, 4) is 0 Å². The van der Waals surface area contributed by atoms with E-state index in [9.17, 15) is 0 Å². The predicted molar refractivity (Wildman–Crippen MR) is 71.3 cm³/mol. The summed E-state index contributed by atoms with van der Waals surface area (Å²) in [7, 11) is 7.97. The molecule has 0 spiro atoms. The zero-order valence-corrected chi connectivity index (χ0v) is 11.4. The minimum absolute atomic E-state index is 0.794. The number of rotatable bonds is 5. The quantitative estimate of drug-likeness (QED) is 0.837. The van der Waals surface area contributed by atoms with Gasteiger partial charge in [0.15, 0.2) is 0 Å². The topological polar surface area (TPSA) is 50.9 Å². The fourth-order valence-electron chi connectivity index (χ4n) is 1.91. The van der Waals surface area contributed by atoms with Crippen molar-refractivity contribution in [3.05, 3.63) is 29.8 Å². The summed E-state index contributed by atoms with van der Waals surface area (Å²) in [6, 6.07) is 2.02. The average molecular weight is 248 g/mol. The van der Waals surface area contributed by atoms with Crippen LogP contribution in [0.5, 0.6) is 0 Å². The van der Waals surface area contributed by atoms with Gasteiger partial charge in [0.25, 0.3) is 0 Å². The van der Waals surface area contributed by atoms with E-state index < -0.39 is 0 Å². The van der Waals surface area contributed by atoms with E-state index >= 15 is 0 Å². The molecule has 0 bridgehead atoms. The molecule has 1 N–H and O–H groups in total. The van der Waals surface area contributed by atoms with Gasteiger partial charge in [0, 0.05) is 47.5 Å². The van der Waals surface area contributed by atoms with Crippen molar-refractivity contribution >= 4 is 5.95 Å². The molecule has 0 saturated carbocycles. The number of imidazole rings is 1. The normalized spacial score (nSPS) is 10.9. The Morgan fingerprint density at radius 3 is 2.50 bits per heavy atom. The third-order valence-electron chi connectivity index (χ3n) is 2.99. The third-order valence-corrected chi connectivity index (χ3v) is 2.99. The van der Waals surface area contributed by atoms with Gasteiger partial charge in [-0.1, -0.05) is 0 Å². The Balaban J connectivity index is 1.93. The maximum Gasteiger partial charge on any atom is 0.204 e. The van der Waals surface area contributed by atoms with Gasteiger partial charge in [0.1, 0.15) is 0 Å². The molecule has 0 aliphatic carbocycles. The minimum atomic E-state index is 0.794. The summed E-state index contributed by atoms with van der Waals surface area (Å²) >= 11 is 0. The highest BCUT2D eigenvalue weighted by molar-refractivity contribution is 5.30. The van der Waals surface area contributed by atoms with Crippen molar-refractivity contribution in [1.82, 2.24) is 24.6 Å². The first-order chi connectivity index (χ1) is 8.59. The summed E-state index contributed by atoms with van der Waals surface area (Å²) in [6.45, 7) is 1.60. The van der Waals surface area contributed by atoms with E-state index in [0.29, 0.717) is 0 Å². The Morgan fingerprint density at radius 1 is 1.22 bits per heavy atom. The second-order valence-electron chi connectivity index (χ2n) is 4.55. The van der Waals surface area contributed by atoms with E-state index in [4.69, 9.17) is 0 Å². The summed E-state index contributed by atoms with van der Waals surface area (Å²) in [4.78, 5) is 6.38. The first-order valence-electron chi connectivity index (χ1n) is 5.95. The van der Waals surface area contributed by atoms with Crippen LogP contribution in [0.3, 0.4) is 0 Å². The van der Waals surface area contributed by atoms with Crippen molar-refractivity contribution in [2.75, 3.05) is 19.0 Å². The van der Waals surface area contributed by atoms with E-state index in [0.717, 1.165) is 19.0 Å². The molecule has 0 aliphatic heterocycles. The van der Waals surface area contributed by atoms with Crippen molar-refractivity contribution < 1.29 is 0 Å². The fraction of sp³-hybridized carbons (Fsp3) is 0.500. The first kappa shape index (κ1) is 12.6. The molecule has 0 radical (unpaired) electrons. The number of hydrogen-bond donors (Lipinski definition) is 1. The van der Waals surface area contributed by atoms with E-state index in [1.807, 2.05) is 56.2 Å². The molecule has 2 heterocycles. The Hall–Kier alpha value is -1.82. The lowest BCUT2D eigenvalue weighted by Gasteiger charge is -2.12. The van der Waals surface area contributed by atoms with Crippen LogP contribution in [0.4, 0.5) is 5.95 Å². The molecule has 0 amide bonds. The van der Waals surface area contributed by atoms with E-state index in [2.05, 4.69) is 20.0 Å². The first-order valence-corrected chi connectivity index (χ1v) is 5.95. The number of nitrogens with one attached hydrogen (secondary N) is 1.